The highest BCUT2D eigenvalue weighted by Gasteiger charge is 2.05. The fourth-order valence-electron chi connectivity index (χ4n) is 2.33. The molecule has 3 heteroatoms. The molecule has 0 fully saturated rings. The van der Waals surface area contributed by atoms with Crippen LogP contribution in [0.15, 0.2) is 60.1 Å². The number of hydrogen-bond acceptors (Lipinski definition) is 3. The third-order valence-electron chi connectivity index (χ3n) is 3.54. The Morgan fingerprint density at radius 1 is 1.00 bits per heavy atom. The number of hydrogen-bond donors (Lipinski definition) is 1. The number of aryl methyl sites for hydroxylation is 1. The number of aromatic nitrogens is 1. The van der Waals surface area contributed by atoms with Crippen LogP contribution in [0.3, 0.4) is 0 Å². The highest BCUT2D eigenvalue weighted by molar-refractivity contribution is 7.09. The van der Waals surface area contributed by atoms with Crippen LogP contribution in [0.2, 0.25) is 0 Å². The number of nitrogens with zero attached hydrogens (tertiary/aromatic N) is 1. The fourth-order valence-corrected chi connectivity index (χ4v) is 3.05. The molecule has 0 spiro atoms. The lowest BCUT2D eigenvalue weighted by Crippen LogP contribution is -2.02. The monoisotopic (exact) mass is 294 g/mol. The first kappa shape index (κ1) is 13.8. The van der Waals surface area contributed by atoms with E-state index >= 15 is 0 Å². The maximum atomic E-state index is 4.30. The van der Waals surface area contributed by atoms with Gasteiger partial charge in [-0.05, 0) is 30.5 Å². The van der Waals surface area contributed by atoms with Gasteiger partial charge < -0.3 is 5.32 Å². The second kappa shape index (κ2) is 6.55. The van der Waals surface area contributed by atoms with Crippen LogP contribution in [0.5, 0.6) is 0 Å². The summed E-state index contributed by atoms with van der Waals surface area (Å²) in [6.45, 7) is 2.89. The van der Waals surface area contributed by atoms with Gasteiger partial charge in [0.25, 0.3) is 0 Å². The zero-order chi connectivity index (χ0) is 14.5. The minimum Gasteiger partial charge on any atom is -0.380 e. The van der Waals surface area contributed by atoms with Crippen LogP contribution in [0.1, 0.15) is 21.7 Å². The van der Waals surface area contributed by atoms with Gasteiger partial charge >= 0.3 is 0 Å². The van der Waals surface area contributed by atoms with Crippen molar-refractivity contribution in [1.82, 2.24) is 4.98 Å². The van der Waals surface area contributed by atoms with Gasteiger partial charge in [-0.1, -0.05) is 48.5 Å². The van der Waals surface area contributed by atoms with E-state index in [4.69, 9.17) is 0 Å². The smallest absolute Gasteiger partial charge is 0.0798 e. The average molecular weight is 294 g/mol. The molecule has 2 nitrogen and oxygen atoms in total. The minimum atomic E-state index is 0.836. The van der Waals surface area contributed by atoms with Gasteiger partial charge in [-0.15, -0.1) is 11.3 Å². The summed E-state index contributed by atoms with van der Waals surface area (Å²) < 4.78 is 0. The number of benzene rings is 2. The molecule has 0 aliphatic heterocycles. The molecule has 1 heterocycles. The first-order valence-corrected chi connectivity index (χ1v) is 7.95. The zero-order valence-corrected chi connectivity index (χ0v) is 12.9. The molecule has 106 valence electrons. The summed E-state index contributed by atoms with van der Waals surface area (Å²) in [5.41, 5.74) is 6.89. The van der Waals surface area contributed by atoms with E-state index in [0.717, 1.165) is 18.7 Å². The van der Waals surface area contributed by atoms with E-state index in [-0.39, 0.29) is 0 Å². The minimum absolute atomic E-state index is 0.836. The largest absolute Gasteiger partial charge is 0.380 e. The van der Waals surface area contributed by atoms with E-state index in [9.17, 15) is 0 Å². The lowest BCUT2D eigenvalue weighted by molar-refractivity contribution is 1.10. The van der Waals surface area contributed by atoms with E-state index in [2.05, 4.69) is 71.8 Å². The Bertz CT molecular complexity index is 704. The van der Waals surface area contributed by atoms with Gasteiger partial charge in [0, 0.05) is 10.6 Å². The summed E-state index contributed by atoms with van der Waals surface area (Å²) in [6, 6.07) is 19.1. The molecule has 1 N–H and O–H groups in total. The Labute approximate surface area is 129 Å². The maximum Gasteiger partial charge on any atom is 0.0798 e. The molecule has 0 bridgehead atoms. The topological polar surface area (TPSA) is 24.9 Å². The lowest BCUT2D eigenvalue weighted by atomic mass is 10.0. The molecular weight excluding hydrogens is 276 g/mol. The first-order chi connectivity index (χ1) is 10.3. The average Bonchev–Trinajstić information content (AvgIpc) is 2.93. The molecular formula is C18H18N2S. The highest BCUT2D eigenvalue weighted by atomic mass is 32.1. The predicted octanol–water partition coefficient (Wildman–Crippen LogP) is 4.65. The van der Waals surface area contributed by atoms with E-state index < -0.39 is 0 Å². The molecule has 2 aromatic carbocycles. The summed E-state index contributed by atoms with van der Waals surface area (Å²) in [4.78, 5) is 5.59. The molecule has 0 saturated heterocycles. The Balaban J connectivity index is 1.75. The van der Waals surface area contributed by atoms with Crippen LogP contribution in [0.4, 0.5) is 5.69 Å². The van der Waals surface area contributed by atoms with Crippen LogP contribution in [-0.2, 0) is 13.0 Å². The zero-order valence-electron chi connectivity index (χ0n) is 12.0. The molecule has 3 rings (SSSR count). The van der Waals surface area contributed by atoms with Crippen molar-refractivity contribution in [3.63, 3.8) is 0 Å². The van der Waals surface area contributed by atoms with E-state index in [1.807, 2.05) is 5.51 Å². The number of para-hydroxylation sites is 1. The Hall–Kier alpha value is -2.13. The molecule has 0 aliphatic rings. The number of anilines is 1. The van der Waals surface area contributed by atoms with Crippen LogP contribution in [-0.4, -0.2) is 4.98 Å². The van der Waals surface area contributed by atoms with Crippen molar-refractivity contribution in [3.05, 3.63) is 81.8 Å². The van der Waals surface area contributed by atoms with E-state index in [1.54, 1.807) is 11.3 Å². The Morgan fingerprint density at radius 2 is 1.76 bits per heavy atom. The van der Waals surface area contributed by atoms with Crippen molar-refractivity contribution >= 4 is 17.0 Å². The molecule has 21 heavy (non-hydrogen) atoms. The number of rotatable bonds is 5. The molecule has 0 radical (unpaired) electrons. The first-order valence-electron chi connectivity index (χ1n) is 7.07. The van der Waals surface area contributed by atoms with E-state index in [0.29, 0.717) is 0 Å². The van der Waals surface area contributed by atoms with Crippen molar-refractivity contribution in [3.8, 4) is 0 Å². The van der Waals surface area contributed by atoms with Crippen molar-refractivity contribution in [2.45, 2.75) is 19.9 Å². The van der Waals surface area contributed by atoms with Gasteiger partial charge in [0.05, 0.1) is 17.7 Å². The van der Waals surface area contributed by atoms with Crippen LogP contribution in [0.25, 0.3) is 0 Å². The molecule has 0 unspecified atom stereocenters. The SMILES string of the molecule is Cc1ncsc1CNc1ccccc1Cc1ccccc1. The molecule has 0 saturated carbocycles. The van der Waals surface area contributed by atoms with Crippen LogP contribution in [0, 0.1) is 6.92 Å². The second-order valence-corrected chi connectivity index (χ2v) is 5.97. The summed E-state index contributed by atoms with van der Waals surface area (Å²) in [5, 5.41) is 3.55. The van der Waals surface area contributed by atoms with Crippen molar-refractivity contribution in [2.75, 3.05) is 5.32 Å². The third-order valence-corrected chi connectivity index (χ3v) is 4.47. The second-order valence-electron chi connectivity index (χ2n) is 5.03. The van der Waals surface area contributed by atoms with Gasteiger partial charge in [0.2, 0.25) is 0 Å². The molecule has 1 aromatic heterocycles. The summed E-state index contributed by atoms with van der Waals surface area (Å²) in [7, 11) is 0. The predicted molar refractivity (Wildman–Crippen MR) is 89.9 cm³/mol. The van der Waals surface area contributed by atoms with Crippen molar-refractivity contribution in [2.24, 2.45) is 0 Å². The summed E-state index contributed by atoms with van der Waals surface area (Å²) in [5.74, 6) is 0. The van der Waals surface area contributed by atoms with E-state index in [1.165, 1.54) is 21.7 Å². The quantitative estimate of drug-likeness (QED) is 0.740. The maximum absolute atomic E-state index is 4.30. The standard InChI is InChI=1S/C18H18N2S/c1-14-18(21-13-20-14)12-19-17-10-6-5-9-16(17)11-15-7-3-2-4-8-15/h2-10,13,19H,11-12H2,1H3. The Kier molecular flexibility index (Phi) is 4.31. The highest BCUT2D eigenvalue weighted by Crippen LogP contribution is 2.21. The normalized spacial score (nSPS) is 10.5. The van der Waals surface area contributed by atoms with Crippen LogP contribution >= 0.6 is 11.3 Å². The summed E-state index contributed by atoms with van der Waals surface area (Å²) in [6.07, 6.45) is 0.950. The molecule has 0 amide bonds. The number of nitrogens with one attached hydrogen (secondary N) is 1. The van der Waals surface area contributed by atoms with Gasteiger partial charge in [-0.2, -0.15) is 0 Å². The molecule has 0 atom stereocenters. The Morgan fingerprint density at radius 3 is 2.52 bits per heavy atom. The molecule has 3 aromatic rings. The van der Waals surface area contributed by atoms with Crippen molar-refractivity contribution in [1.29, 1.82) is 0 Å². The van der Waals surface area contributed by atoms with Gasteiger partial charge in [0.15, 0.2) is 0 Å². The van der Waals surface area contributed by atoms with Crippen molar-refractivity contribution < 1.29 is 0 Å². The lowest BCUT2D eigenvalue weighted by Gasteiger charge is -2.12. The number of thiazole rings is 1. The van der Waals surface area contributed by atoms with Gasteiger partial charge in [-0.25, -0.2) is 4.98 Å². The summed E-state index contributed by atoms with van der Waals surface area (Å²) >= 11 is 1.71. The molecule has 0 aliphatic carbocycles. The van der Waals surface area contributed by atoms with Crippen LogP contribution < -0.4 is 5.32 Å². The third kappa shape index (κ3) is 3.50. The van der Waals surface area contributed by atoms with Gasteiger partial charge in [-0.3, -0.25) is 0 Å². The fraction of sp³-hybridized carbons (Fsp3) is 0.167. The van der Waals surface area contributed by atoms with Gasteiger partial charge in [0.1, 0.15) is 0 Å².